The maximum Gasteiger partial charge on any atom is 0.264 e. The normalized spacial score (nSPS) is 18.7. The predicted octanol–water partition coefficient (Wildman–Crippen LogP) is 1.61. The molecule has 6 nitrogen and oxygen atoms in total. The molecule has 2 aromatic rings. The summed E-state index contributed by atoms with van der Waals surface area (Å²) < 4.78 is 3.28. The van der Waals surface area contributed by atoms with Gasteiger partial charge < -0.3 is 5.11 Å². The number of aliphatic hydroxyl groups is 1. The summed E-state index contributed by atoms with van der Waals surface area (Å²) in [5.74, 6) is 1.87. The Bertz CT molecular complexity index is 738. The van der Waals surface area contributed by atoms with E-state index in [2.05, 4.69) is 10.1 Å². The predicted molar refractivity (Wildman–Crippen MR) is 88.3 cm³/mol. The van der Waals surface area contributed by atoms with Crippen LogP contribution in [0.5, 0.6) is 0 Å². The standard InChI is InChI=1S/C15H22N4O2S/c1-14(2,3)19-12-11(8-17-19)13(20)18(10-16-12)9-15(21)4-6-22-7-5-15/h8,10,21H,4-7,9H2,1-3H3. The van der Waals surface area contributed by atoms with Gasteiger partial charge in [0.05, 0.1) is 23.9 Å². The molecule has 0 bridgehead atoms. The van der Waals surface area contributed by atoms with Crippen LogP contribution >= 0.6 is 11.8 Å². The fraction of sp³-hybridized carbons (Fsp3) is 0.667. The van der Waals surface area contributed by atoms with E-state index in [0.717, 1.165) is 11.5 Å². The second-order valence-electron chi connectivity index (χ2n) is 6.98. The average Bonchev–Trinajstić information content (AvgIpc) is 2.87. The van der Waals surface area contributed by atoms with Gasteiger partial charge in [-0.25, -0.2) is 9.67 Å². The highest BCUT2D eigenvalue weighted by Gasteiger charge is 2.31. The lowest BCUT2D eigenvalue weighted by atomic mass is 9.97. The molecule has 3 heterocycles. The molecule has 3 rings (SSSR count). The molecule has 1 aliphatic rings. The summed E-state index contributed by atoms with van der Waals surface area (Å²) in [6.07, 6.45) is 4.54. The quantitative estimate of drug-likeness (QED) is 0.909. The second-order valence-corrected chi connectivity index (χ2v) is 8.20. The van der Waals surface area contributed by atoms with Crippen molar-refractivity contribution in [3.8, 4) is 0 Å². The monoisotopic (exact) mass is 322 g/mol. The molecule has 1 N–H and O–H groups in total. The van der Waals surface area contributed by atoms with Crippen molar-refractivity contribution in [2.45, 2.75) is 51.3 Å². The third kappa shape index (κ3) is 2.79. The zero-order valence-electron chi connectivity index (χ0n) is 13.2. The number of thioether (sulfide) groups is 1. The van der Waals surface area contributed by atoms with Crippen molar-refractivity contribution in [1.29, 1.82) is 0 Å². The summed E-state index contributed by atoms with van der Waals surface area (Å²) in [5, 5.41) is 15.4. The number of rotatable bonds is 2. The largest absolute Gasteiger partial charge is 0.388 e. The molecule has 0 aliphatic carbocycles. The number of aromatic nitrogens is 4. The highest BCUT2D eigenvalue weighted by Crippen LogP contribution is 2.28. The van der Waals surface area contributed by atoms with Crippen LogP contribution in [0.3, 0.4) is 0 Å². The van der Waals surface area contributed by atoms with E-state index < -0.39 is 5.60 Å². The first-order valence-corrected chi connectivity index (χ1v) is 8.69. The van der Waals surface area contributed by atoms with E-state index in [9.17, 15) is 9.90 Å². The fourth-order valence-electron chi connectivity index (χ4n) is 2.78. The fourth-order valence-corrected chi connectivity index (χ4v) is 4.03. The van der Waals surface area contributed by atoms with Gasteiger partial charge in [0.25, 0.3) is 5.56 Å². The summed E-state index contributed by atoms with van der Waals surface area (Å²) in [4.78, 5) is 17.1. The maximum absolute atomic E-state index is 12.6. The van der Waals surface area contributed by atoms with Crippen LogP contribution < -0.4 is 5.56 Å². The van der Waals surface area contributed by atoms with Crippen LogP contribution in [0.2, 0.25) is 0 Å². The van der Waals surface area contributed by atoms with Crippen LogP contribution in [0.25, 0.3) is 11.0 Å². The zero-order chi connectivity index (χ0) is 16.0. The lowest BCUT2D eigenvalue weighted by molar-refractivity contribution is 0.0138. The molecule has 1 aliphatic heterocycles. The van der Waals surface area contributed by atoms with Crippen molar-refractivity contribution in [1.82, 2.24) is 19.3 Å². The lowest BCUT2D eigenvalue weighted by Gasteiger charge is -2.32. The molecular weight excluding hydrogens is 300 g/mol. The van der Waals surface area contributed by atoms with E-state index in [4.69, 9.17) is 0 Å². The molecule has 1 saturated heterocycles. The van der Waals surface area contributed by atoms with Crippen molar-refractivity contribution in [3.05, 3.63) is 22.9 Å². The van der Waals surface area contributed by atoms with E-state index in [1.165, 1.54) is 10.9 Å². The molecule has 0 unspecified atom stereocenters. The molecule has 0 radical (unpaired) electrons. The van der Waals surface area contributed by atoms with Crippen LogP contribution in [-0.2, 0) is 12.1 Å². The number of fused-ring (bicyclic) bond motifs is 1. The first-order chi connectivity index (χ1) is 10.3. The minimum Gasteiger partial charge on any atom is -0.388 e. The van der Waals surface area contributed by atoms with Crippen LogP contribution in [0.4, 0.5) is 0 Å². The van der Waals surface area contributed by atoms with Gasteiger partial charge in [-0.2, -0.15) is 16.9 Å². The molecule has 22 heavy (non-hydrogen) atoms. The van der Waals surface area contributed by atoms with E-state index in [0.29, 0.717) is 30.4 Å². The molecule has 2 aromatic heterocycles. The van der Waals surface area contributed by atoms with Gasteiger partial charge in [0, 0.05) is 0 Å². The molecule has 120 valence electrons. The van der Waals surface area contributed by atoms with Gasteiger partial charge in [0.15, 0.2) is 5.65 Å². The lowest BCUT2D eigenvalue weighted by Crippen LogP contribution is -2.41. The highest BCUT2D eigenvalue weighted by atomic mass is 32.2. The summed E-state index contributed by atoms with van der Waals surface area (Å²) in [6.45, 7) is 6.37. The molecule has 0 spiro atoms. The minimum absolute atomic E-state index is 0.132. The molecule has 0 amide bonds. The average molecular weight is 322 g/mol. The van der Waals surface area contributed by atoms with Crippen LogP contribution in [0, 0.1) is 0 Å². The molecule has 0 saturated carbocycles. The Morgan fingerprint density at radius 1 is 1.36 bits per heavy atom. The van der Waals surface area contributed by atoms with Crippen molar-refractivity contribution in [2.75, 3.05) is 11.5 Å². The minimum atomic E-state index is -0.801. The van der Waals surface area contributed by atoms with Crippen LogP contribution in [0.1, 0.15) is 33.6 Å². The van der Waals surface area contributed by atoms with Gasteiger partial charge in [-0.05, 0) is 45.1 Å². The summed E-state index contributed by atoms with van der Waals surface area (Å²) >= 11 is 1.84. The third-order valence-electron chi connectivity index (χ3n) is 4.08. The van der Waals surface area contributed by atoms with Gasteiger partial charge in [-0.15, -0.1) is 0 Å². The molecule has 1 fully saturated rings. The van der Waals surface area contributed by atoms with Crippen molar-refractivity contribution in [3.63, 3.8) is 0 Å². The number of hydrogen-bond acceptors (Lipinski definition) is 5. The van der Waals surface area contributed by atoms with Crippen LogP contribution in [0.15, 0.2) is 17.3 Å². The summed E-state index contributed by atoms with van der Waals surface area (Å²) in [7, 11) is 0. The van der Waals surface area contributed by atoms with E-state index in [1.54, 1.807) is 10.9 Å². The number of hydrogen-bond donors (Lipinski definition) is 1. The van der Waals surface area contributed by atoms with E-state index >= 15 is 0 Å². The first-order valence-electron chi connectivity index (χ1n) is 7.54. The maximum atomic E-state index is 12.6. The topological polar surface area (TPSA) is 72.9 Å². The van der Waals surface area contributed by atoms with Crippen molar-refractivity contribution < 1.29 is 5.11 Å². The Balaban J connectivity index is 1.99. The summed E-state index contributed by atoms with van der Waals surface area (Å²) in [6, 6.07) is 0. The second kappa shape index (κ2) is 5.38. The Hall–Kier alpha value is -1.34. The van der Waals surface area contributed by atoms with Crippen molar-refractivity contribution in [2.24, 2.45) is 0 Å². The third-order valence-corrected chi connectivity index (χ3v) is 5.06. The smallest absolute Gasteiger partial charge is 0.264 e. The van der Waals surface area contributed by atoms with Gasteiger partial charge in [-0.1, -0.05) is 0 Å². The Labute approximate surface area is 133 Å². The van der Waals surface area contributed by atoms with Gasteiger partial charge in [-0.3, -0.25) is 9.36 Å². The summed E-state index contributed by atoms with van der Waals surface area (Å²) in [5.41, 5.74) is -0.566. The van der Waals surface area contributed by atoms with Gasteiger partial charge >= 0.3 is 0 Å². The van der Waals surface area contributed by atoms with Crippen LogP contribution in [-0.4, -0.2) is 41.5 Å². The van der Waals surface area contributed by atoms with E-state index in [-0.39, 0.29) is 11.1 Å². The SMILES string of the molecule is CC(C)(C)n1ncc2c(=O)n(CC3(O)CCSCC3)cnc21. The van der Waals surface area contributed by atoms with E-state index in [1.807, 2.05) is 32.5 Å². The molecular formula is C15H22N4O2S. The van der Waals surface area contributed by atoms with Gasteiger partial charge in [0.2, 0.25) is 0 Å². The Morgan fingerprint density at radius 2 is 2.05 bits per heavy atom. The molecule has 0 aromatic carbocycles. The molecule has 7 heteroatoms. The highest BCUT2D eigenvalue weighted by molar-refractivity contribution is 7.99. The van der Waals surface area contributed by atoms with Gasteiger partial charge in [0.1, 0.15) is 11.7 Å². The molecule has 0 atom stereocenters. The Kier molecular flexibility index (Phi) is 3.81. The van der Waals surface area contributed by atoms with Crippen molar-refractivity contribution >= 4 is 22.8 Å². The number of nitrogens with zero attached hydrogens (tertiary/aromatic N) is 4. The zero-order valence-corrected chi connectivity index (χ0v) is 14.1. The first kappa shape index (κ1) is 15.6. The Morgan fingerprint density at radius 3 is 2.68 bits per heavy atom.